The lowest BCUT2D eigenvalue weighted by Gasteiger charge is -2.21. The Morgan fingerprint density at radius 1 is 0.938 bits per heavy atom. The molecule has 0 saturated heterocycles. The highest BCUT2D eigenvalue weighted by molar-refractivity contribution is 7.89. The van der Waals surface area contributed by atoms with Gasteiger partial charge in [0.25, 0.3) is 5.91 Å². The van der Waals surface area contributed by atoms with E-state index < -0.39 is 34.1 Å². The van der Waals surface area contributed by atoms with Crippen LogP contribution in [0.4, 0.5) is 8.78 Å². The van der Waals surface area contributed by atoms with Crippen molar-refractivity contribution in [3.63, 3.8) is 0 Å². The molecule has 0 heterocycles. The second-order valence-electron chi connectivity index (χ2n) is 7.06. The van der Waals surface area contributed by atoms with E-state index in [0.29, 0.717) is 11.1 Å². The number of amides is 1. The Morgan fingerprint density at radius 3 is 2.09 bits per heavy atom. The van der Waals surface area contributed by atoms with Crippen LogP contribution in [0.3, 0.4) is 0 Å². The molecule has 32 heavy (non-hydrogen) atoms. The molecule has 6 nitrogen and oxygen atoms in total. The van der Waals surface area contributed by atoms with Gasteiger partial charge in [-0.05, 0) is 54.4 Å². The van der Waals surface area contributed by atoms with E-state index in [1.807, 2.05) is 6.92 Å². The zero-order valence-electron chi connectivity index (χ0n) is 17.2. The fourth-order valence-electron chi connectivity index (χ4n) is 2.80. The molecule has 0 bridgehead atoms. The average Bonchev–Trinajstić information content (AvgIpc) is 2.76. The topological polar surface area (TPSA) is 78.8 Å². The number of halogens is 2. The van der Waals surface area contributed by atoms with Crippen molar-refractivity contribution in [2.24, 2.45) is 5.10 Å². The molecule has 0 aromatic heterocycles. The van der Waals surface area contributed by atoms with Crippen molar-refractivity contribution in [1.82, 2.24) is 9.73 Å². The zero-order valence-corrected chi connectivity index (χ0v) is 18.0. The van der Waals surface area contributed by atoms with E-state index in [-0.39, 0.29) is 11.4 Å². The predicted molar refractivity (Wildman–Crippen MR) is 117 cm³/mol. The highest BCUT2D eigenvalue weighted by Crippen LogP contribution is 2.19. The van der Waals surface area contributed by atoms with Crippen LogP contribution in [0.15, 0.2) is 82.8 Å². The Balaban J connectivity index is 1.78. The van der Waals surface area contributed by atoms with Crippen molar-refractivity contribution in [1.29, 1.82) is 0 Å². The summed E-state index contributed by atoms with van der Waals surface area (Å²) in [7, 11) is -4.02. The number of carbonyl (C=O) groups excluding carboxylic acids is 1. The van der Waals surface area contributed by atoms with Crippen LogP contribution >= 0.6 is 0 Å². The normalized spacial score (nSPS) is 11.8. The molecule has 3 aromatic carbocycles. The molecule has 1 N–H and O–H groups in total. The van der Waals surface area contributed by atoms with Gasteiger partial charge in [-0.3, -0.25) is 4.79 Å². The van der Waals surface area contributed by atoms with E-state index in [9.17, 15) is 22.0 Å². The van der Waals surface area contributed by atoms with Gasteiger partial charge >= 0.3 is 0 Å². The van der Waals surface area contributed by atoms with Crippen molar-refractivity contribution in [3.8, 4) is 0 Å². The lowest BCUT2D eigenvalue weighted by atomic mass is 10.2. The number of carbonyl (C=O) groups is 1. The Morgan fingerprint density at radius 2 is 1.50 bits per heavy atom. The standard InChI is InChI=1S/C23H21F2N3O3S/c1-17-2-12-22(13-3-17)32(30,31)28(15-19-6-10-21(25)11-7-19)16-23(29)27-26-14-18-4-8-20(24)9-5-18/h2-14H,15-16H2,1H3,(H,27,29)/b26-14-. The summed E-state index contributed by atoms with van der Waals surface area (Å²) >= 11 is 0. The highest BCUT2D eigenvalue weighted by Gasteiger charge is 2.27. The minimum absolute atomic E-state index is 0.0350. The Labute approximate surface area is 185 Å². The molecular formula is C23H21F2N3O3S. The number of rotatable bonds is 8. The minimum atomic E-state index is -4.02. The van der Waals surface area contributed by atoms with E-state index in [0.717, 1.165) is 9.87 Å². The van der Waals surface area contributed by atoms with E-state index in [1.165, 1.54) is 66.9 Å². The largest absolute Gasteiger partial charge is 0.272 e. The summed E-state index contributed by atoms with van der Waals surface area (Å²) < 4.78 is 53.5. The Hall–Kier alpha value is -3.43. The molecule has 0 atom stereocenters. The van der Waals surface area contributed by atoms with Crippen LogP contribution in [0.25, 0.3) is 0 Å². The van der Waals surface area contributed by atoms with Gasteiger partial charge in [0.05, 0.1) is 17.7 Å². The van der Waals surface area contributed by atoms with Gasteiger partial charge in [-0.15, -0.1) is 0 Å². The molecule has 9 heteroatoms. The molecule has 0 aliphatic rings. The number of hydrogen-bond donors (Lipinski definition) is 1. The first-order valence-corrected chi connectivity index (χ1v) is 11.1. The molecule has 3 rings (SSSR count). The van der Waals surface area contributed by atoms with Crippen molar-refractivity contribution in [2.75, 3.05) is 6.54 Å². The van der Waals surface area contributed by atoms with Crippen LogP contribution in [-0.2, 0) is 21.4 Å². The minimum Gasteiger partial charge on any atom is -0.272 e. The molecular weight excluding hydrogens is 436 g/mol. The van der Waals surface area contributed by atoms with E-state index in [2.05, 4.69) is 10.5 Å². The summed E-state index contributed by atoms with van der Waals surface area (Å²) in [6.07, 6.45) is 1.32. The van der Waals surface area contributed by atoms with Crippen LogP contribution < -0.4 is 5.43 Å². The summed E-state index contributed by atoms with van der Waals surface area (Å²) in [5.74, 6) is -1.51. The molecule has 0 fully saturated rings. The maximum Gasteiger partial charge on any atom is 0.255 e. The van der Waals surface area contributed by atoms with Crippen LogP contribution in [0.5, 0.6) is 0 Å². The first-order valence-electron chi connectivity index (χ1n) is 9.63. The molecule has 0 unspecified atom stereocenters. The summed E-state index contributed by atoms with van der Waals surface area (Å²) in [6.45, 7) is 1.19. The van der Waals surface area contributed by atoms with Crippen LogP contribution in [-0.4, -0.2) is 31.4 Å². The molecule has 166 valence electrons. The van der Waals surface area contributed by atoms with Crippen LogP contribution in [0, 0.1) is 18.6 Å². The third-order valence-electron chi connectivity index (χ3n) is 4.52. The number of sulfonamides is 1. The number of nitrogens with zero attached hydrogens (tertiary/aromatic N) is 2. The first-order chi connectivity index (χ1) is 15.2. The lowest BCUT2D eigenvalue weighted by Crippen LogP contribution is -2.39. The lowest BCUT2D eigenvalue weighted by molar-refractivity contribution is -0.121. The van der Waals surface area contributed by atoms with Gasteiger partial charge in [-0.25, -0.2) is 22.6 Å². The predicted octanol–water partition coefficient (Wildman–Crippen LogP) is 3.61. The molecule has 0 aliphatic carbocycles. The molecule has 0 aliphatic heterocycles. The number of hydrazone groups is 1. The zero-order chi connectivity index (χ0) is 23.1. The highest BCUT2D eigenvalue weighted by atomic mass is 32.2. The second-order valence-corrected chi connectivity index (χ2v) is 9.00. The SMILES string of the molecule is Cc1ccc(S(=O)(=O)N(CC(=O)N/N=C\c2ccc(F)cc2)Cc2ccc(F)cc2)cc1. The monoisotopic (exact) mass is 457 g/mol. The quantitative estimate of drug-likeness (QED) is 0.415. The summed E-state index contributed by atoms with van der Waals surface area (Å²) in [6, 6.07) is 17.1. The molecule has 3 aromatic rings. The van der Waals surface area contributed by atoms with Gasteiger partial charge in [-0.1, -0.05) is 42.0 Å². The smallest absolute Gasteiger partial charge is 0.255 e. The van der Waals surface area contributed by atoms with Gasteiger partial charge in [0.1, 0.15) is 11.6 Å². The Bertz CT molecular complexity index is 1190. The maximum absolute atomic E-state index is 13.2. The third kappa shape index (κ3) is 6.29. The number of aryl methyl sites for hydroxylation is 1. The Kier molecular flexibility index (Phi) is 7.45. The summed E-state index contributed by atoms with van der Waals surface area (Å²) in [5.41, 5.74) is 4.24. The van der Waals surface area contributed by atoms with Gasteiger partial charge < -0.3 is 0 Å². The summed E-state index contributed by atoms with van der Waals surface area (Å²) in [4.78, 5) is 12.5. The first kappa shape index (κ1) is 23.2. The molecule has 0 radical (unpaired) electrons. The van der Waals surface area contributed by atoms with Crippen LogP contribution in [0.1, 0.15) is 16.7 Å². The van der Waals surface area contributed by atoms with Crippen LogP contribution in [0.2, 0.25) is 0 Å². The van der Waals surface area contributed by atoms with E-state index >= 15 is 0 Å². The average molecular weight is 458 g/mol. The van der Waals surface area contributed by atoms with Gasteiger partial charge in [-0.2, -0.15) is 9.41 Å². The fourth-order valence-corrected chi connectivity index (χ4v) is 4.19. The van der Waals surface area contributed by atoms with Gasteiger partial charge in [0, 0.05) is 6.54 Å². The number of benzene rings is 3. The van der Waals surface area contributed by atoms with Gasteiger partial charge in [0.15, 0.2) is 0 Å². The maximum atomic E-state index is 13.2. The number of hydrogen-bond acceptors (Lipinski definition) is 4. The second kappa shape index (κ2) is 10.3. The van der Waals surface area contributed by atoms with Crippen molar-refractivity contribution < 1.29 is 22.0 Å². The van der Waals surface area contributed by atoms with E-state index in [1.54, 1.807) is 12.1 Å². The van der Waals surface area contributed by atoms with Crippen molar-refractivity contribution in [2.45, 2.75) is 18.4 Å². The molecule has 0 saturated carbocycles. The molecule has 0 spiro atoms. The summed E-state index contributed by atoms with van der Waals surface area (Å²) in [5, 5.41) is 3.79. The fraction of sp³-hybridized carbons (Fsp3) is 0.130. The van der Waals surface area contributed by atoms with Crippen molar-refractivity contribution in [3.05, 3.63) is 101 Å². The van der Waals surface area contributed by atoms with Gasteiger partial charge in [0.2, 0.25) is 10.0 Å². The van der Waals surface area contributed by atoms with Crippen molar-refractivity contribution >= 4 is 22.1 Å². The number of nitrogens with one attached hydrogen (secondary N) is 1. The van der Waals surface area contributed by atoms with E-state index in [4.69, 9.17) is 0 Å². The third-order valence-corrected chi connectivity index (χ3v) is 6.33. The molecule has 1 amide bonds.